The summed E-state index contributed by atoms with van der Waals surface area (Å²) in [5.74, 6) is -1.35. The Morgan fingerprint density at radius 1 is 1.38 bits per heavy atom. The van der Waals surface area contributed by atoms with Crippen molar-refractivity contribution >= 4 is 17.6 Å². The van der Waals surface area contributed by atoms with E-state index in [1.165, 1.54) is 11.0 Å². The van der Waals surface area contributed by atoms with Crippen LogP contribution in [0.2, 0.25) is 0 Å². The van der Waals surface area contributed by atoms with Gasteiger partial charge in [0.1, 0.15) is 6.33 Å². The fraction of sp³-hybridized carbons (Fsp3) is 0.308. The van der Waals surface area contributed by atoms with Gasteiger partial charge in [-0.25, -0.2) is 4.68 Å². The highest BCUT2D eigenvalue weighted by molar-refractivity contribution is 5.91. The number of carboxylic acid groups (broad SMARTS) is 1. The maximum absolute atomic E-state index is 11.9. The summed E-state index contributed by atoms with van der Waals surface area (Å²) in [4.78, 5) is 22.4. The summed E-state index contributed by atoms with van der Waals surface area (Å²) in [5.41, 5.74) is 1.33. The zero-order chi connectivity index (χ0) is 15.2. The van der Waals surface area contributed by atoms with Crippen LogP contribution < -0.4 is 5.32 Å². The van der Waals surface area contributed by atoms with Gasteiger partial charge in [-0.3, -0.25) is 9.59 Å². The number of aliphatic carboxylic acids is 1. The molecule has 0 radical (unpaired) electrons. The predicted octanol–water partition coefficient (Wildman–Crippen LogP) is 1.10. The molecule has 110 valence electrons. The van der Waals surface area contributed by atoms with E-state index in [1.54, 1.807) is 31.2 Å². The van der Waals surface area contributed by atoms with Crippen LogP contribution in [-0.4, -0.2) is 37.2 Å². The smallest absolute Gasteiger partial charge is 0.303 e. The zero-order valence-corrected chi connectivity index (χ0v) is 11.4. The molecule has 21 heavy (non-hydrogen) atoms. The second kappa shape index (κ2) is 6.60. The summed E-state index contributed by atoms with van der Waals surface area (Å²) in [6.07, 6.45) is 1.58. The Morgan fingerprint density at radius 3 is 2.86 bits per heavy atom. The van der Waals surface area contributed by atoms with Crippen molar-refractivity contribution in [2.75, 3.05) is 5.32 Å². The maximum Gasteiger partial charge on any atom is 0.303 e. The number of nitrogens with one attached hydrogen (secondary N) is 1. The van der Waals surface area contributed by atoms with Crippen LogP contribution in [0.5, 0.6) is 0 Å². The van der Waals surface area contributed by atoms with E-state index >= 15 is 0 Å². The molecule has 0 aliphatic carbocycles. The lowest BCUT2D eigenvalue weighted by Gasteiger charge is -2.10. The lowest BCUT2D eigenvalue weighted by Crippen LogP contribution is -2.17. The molecule has 0 aliphatic rings. The summed E-state index contributed by atoms with van der Waals surface area (Å²) in [7, 11) is 0. The minimum absolute atomic E-state index is 0.0297. The highest BCUT2D eigenvalue weighted by Gasteiger charge is 2.13. The normalized spacial score (nSPS) is 11.9. The van der Waals surface area contributed by atoms with Crippen LogP contribution >= 0.6 is 0 Å². The van der Waals surface area contributed by atoms with Crippen LogP contribution in [0, 0.1) is 5.92 Å². The maximum atomic E-state index is 11.9. The average Bonchev–Trinajstić information content (AvgIpc) is 2.91. The van der Waals surface area contributed by atoms with E-state index < -0.39 is 5.97 Å². The van der Waals surface area contributed by atoms with Gasteiger partial charge in [0, 0.05) is 18.5 Å². The Balaban J connectivity index is 1.98. The summed E-state index contributed by atoms with van der Waals surface area (Å²) >= 11 is 0. The highest BCUT2D eigenvalue weighted by atomic mass is 16.4. The molecule has 2 aromatic rings. The van der Waals surface area contributed by atoms with Crippen LogP contribution in [0.15, 0.2) is 30.6 Å². The summed E-state index contributed by atoms with van der Waals surface area (Å²) in [5, 5.41) is 22.3. The fourth-order valence-electron chi connectivity index (χ4n) is 1.90. The lowest BCUT2D eigenvalue weighted by molar-refractivity contribution is -0.138. The second-order valence-corrected chi connectivity index (χ2v) is 4.76. The first-order valence-corrected chi connectivity index (χ1v) is 6.39. The van der Waals surface area contributed by atoms with Gasteiger partial charge in [0.05, 0.1) is 5.69 Å². The number of aromatic nitrogens is 4. The average molecular weight is 289 g/mol. The lowest BCUT2D eigenvalue weighted by atomic mass is 10.0. The van der Waals surface area contributed by atoms with Crippen molar-refractivity contribution in [1.29, 1.82) is 0 Å². The van der Waals surface area contributed by atoms with Gasteiger partial charge in [0.2, 0.25) is 5.91 Å². The van der Waals surface area contributed by atoms with E-state index in [4.69, 9.17) is 5.11 Å². The quantitative estimate of drug-likeness (QED) is 0.824. The Morgan fingerprint density at radius 2 is 2.19 bits per heavy atom. The van der Waals surface area contributed by atoms with Crippen LogP contribution in [0.25, 0.3) is 5.69 Å². The van der Waals surface area contributed by atoms with Crippen LogP contribution in [0.3, 0.4) is 0 Å². The molecular weight excluding hydrogens is 274 g/mol. The molecule has 1 unspecified atom stereocenters. The number of rotatable bonds is 6. The number of hydrogen-bond acceptors (Lipinski definition) is 5. The first-order valence-electron chi connectivity index (χ1n) is 6.39. The van der Waals surface area contributed by atoms with E-state index in [9.17, 15) is 9.59 Å². The number of amides is 1. The van der Waals surface area contributed by atoms with Crippen molar-refractivity contribution in [3.63, 3.8) is 0 Å². The van der Waals surface area contributed by atoms with Gasteiger partial charge in [-0.1, -0.05) is 13.0 Å². The number of tetrazole rings is 1. The van der Waals surface area contributed by atoms with Gasteiger partial charge in [0.15, 0.2) is 0 Å². The highest BCUT2D eigenvalue weighted by Crippen LogP contribution is 2.15. The van der Waals surface area contributed by atoms with Crippen LogP contribution in [0.4, 0.5) is 5.69 Å². The second-order valence-electron chi connectivity index (χ2n) is 4.76. The molecule has 0 fully saturated rings. The summed E-state index contributed by atoms with van der Waals surface area (Å²) in [6.45, 7) is 1.73. The van der Waals surface area contributed by atoms with Gasteiger partial charge in [-0.2, -0.15) is 0 Å². The summed E-state index contributed by atoms with van der Waals surface area (Å²) in [6, 6.07) is 7.05. The topological polar surface area (TPSA) is 110 Å². The van der Waals surface area contributed by atoms with Crippen molar-refractivity contribution in [3.8, 4) is 5.69 Å². The summed E-state index contributed by atoms with van der Waals surface area (Å²) < 4.78 is 1.47. The first-order chi connectivity index (χ1) is 10.0. The van der Waals surface area contributed by atoms with Gasteiger partial charge >= 0.3 is 5.97 Å². The number of nitrogens with zero attached hydrogens (tertiary/aromatic N) is 4. The van der Waals surface area contributed by atoms with E-state index in [2.05, 4.69) is 20.8 Å². The van der Waals surface area contributed by atoms with Gasteiger partial charge in [-0.05, 0) is 34.5 Å². The molecule has 0 saturated carbocycles. The Bertz CT molecular complexity index is 626. The SMILES string of the molecule is CC(CC(=O)O)CC(=O)Nc1cccc(-n2cnnn2)c1. The van der Waals surface area contributed by atoms with Crippen molar-refractivity contribution < 1.29 is 14.7 Å². The van der Waals surface area contributed by atoms with Gasteiger partial charge in [-0.15, -0.1) is 5.10 Å². The fourth-order valence-corrected chi connectivity index (χ4v) is 1.90. The van der Waals surface area contributed by atoms with Gasteiger partial charge < -0.3 is 10.4 Å². The van der Waals surface area contributed by atoms with Crippen molar-refractivity contribution in [2.24, 2.45) is 5.92 Å². The molecule has 0 saturated heterocycles. The van der Waals surface area contributed by atoms with E-state index in [-0.39, 0.29) is 24.7 Å². The molecule has 1 aromatic carbocycles. The van der Waals surface area contributed by atoms with E-state index in [0.29, 0.717) is 5.69 Å². The van der Waals surface area contributed by atoms with Crippen molar-refractivity contribution in [3.05, 3.63) is 30.6 Å². The standard InChI is InChI=1S/C13H15N5O3/c1-9(6-13(20)21)5-12(19)15-10-3-2-4-11(7-10)18-8-14-16-17-18/h2-4,7-9H,5-6H2,1H3,(H,15,19)(H,20,21). The van der Waals surface area contributed by atoms with Crippen LogP contribution in [-0.2, 0) is 9.59 Å². The molecule has 1 aromatic heterocycles. The Kier molecular flexibility index (Phi) is 4.60. The number of carbonyl (C=O) groups excluding carboxylic acids is 1. The largest absolute Gasteiger partial charge is 0.481 e. The predicted molar refractivity (Wildman–Crippen MR) is 73.8 cm³/mol. The Labute approximate surface area is 120 Å². The molecule has 0 aliphatic heterocycles. The minimum atomic E-state index is -0.907. The molecular formula is C13H15N5O3. The number of benzene rings is 1. The third-order valence-corrected chi connectivity index (χ3v) is 2.80. The monoisotopic (exact) mass is 289 g/mol. The van der Waals surface area contributed by atoms with Crippen LogP contribution in [0.1, 0.15) is 19.8 Å². The first kappa shape index (κ1) is 14.6. The third kappa shape index (κ3) is 4.37. The molecule has 1 atom stereocenters. The van der Waals surface area contributed by atoms with Crippen molar-refractivity contribution in [1.82, 2.24) is 20.2 Å². The van der Waals surface area contributed by atoms with Gasteiger partial charge in [0.25, 0.3) is 0 Å². The molecule has 2 rings (SSSR count). The molecule has 0 spiro atoms. The number of anilines is 1. The molecule has 1 heterocycles. The van der Waals surface area contributed by atoms with E-state index in [1.807, 2.05) is 0 Å². The molecule has 0 bridgehead atoms. The van der Waals surface area contributed by atoms with Crippen molar-refractivity contribution in [2.45, 2.75) is 19.8 Å². The minimum Gasteiger partial charge on any atom is -0.481 e. The zero-order valence-electron chi connectivity index (χ0n) is 11.4. The molecule has 8 heteroatoms. The molecule has 1 amide bonds. The number of carboxylic acids is 1. The molecule has 8 nitrogen and oxygen atoms in total. The third-order valence-electron chi connectivity index (χ3n) is 2.80. The van der Waals surface area contributed by atoms with E-state index in [0.717, 1.165) is 5.69 Å². The Hall–Kier alpha value is -2.77. The molecule has 2 N–H and O–H groups in total. The number of carbonyl (C=O) groups is 2. The number of hydrogen-bond donors (Lipinski definition) is 2.